The normalized spacial score (nSPS) is 12.2. The van der Waals surface area contributed by atoms with Crippen molar-refractivity contribution in [3.05, 3.63) is 125 Å². The molecule has 5 aromatic carbocycles. The van der Waals surface area contributed by atoms with Crippen molar-refractivity contribution in [3.63, 3.8) is 0 Å². The number of hydrogen-bond acceptors (Lipinski definition) is 16. The number of nitrogens with two attached hydrogens (primary N) is 1. The van der Waals surface area contributed by atoms with Gasteiger partial charge < -0.3 is 50.8 Å². The Morgan fingerprint density at radius 1 is 0.757 bits per heavy atom. The minimum Gasteiger partial charge on any atom is -0.497 e. The van der Waals surface area contributed by atoms with Crippen LogP contribution in [-0.4, -0.2) is 129 Å². The molecule has 1 heterocycles. The van der Waals surface area contributed by atoms with E-state index in [0.29, 0.717) is 33.9 Å². The van der Waals surface area contributed by atoms with E-state index in [9.17, 15) is 33.0 Å². The number of rotatable bonds is 23. The first-order valence-corrected chi connectivity index (χ1v) is 25.7. The Kier molecular flexibility index (Phi) is 18.2. The largest absolute Gasteiger partial charge is 0.497 e. The third-order valence-electron chi connectivity index (χ3n) is 11.0. The van der Waals surface area contributed by atoms with Gasteiger partial charge in [-0.3, -0.25) is 4.79 Å². The van der Waals surface area contributed by atoms with E-state index in [1.54, 1.807) is 93.6 Å². The molecule has 0 radical (unpaired) electrons. The molecule has 0 bridgehead atoms. The lowest BCUT2D eigenvalue weighted by Gasteiger charge is -2.26. The summed E-state index contributed by atoms with van der Waals surface area (Å²) in [5, 5.41) is 39.3. The number of anilines is 1. The Morgan fingerprint density at radius 3 is 1.85 bits per heavy atom. The zero-order chi connectivity index (χ0) is 53.8. The number of carboxylic acid groups (broad SMARTS) is 1. The predicted octanol–water partition coefficient (Wildman–Crippen LogP) is 4.22. The molecule has 0 saturated carbocycles. The Labute approximate surface area is 428 Å². The molecule has 0 unspecified atom stereocenters. The van der Waals surface area contributed by atoms with Gasteiger partial charge in [-0.25, -0.2) is 31.1 Å². The zero-order valence-electron chi connectivity index (χ0n) is 41.4. The van der Waals surface area contributed by atoms with Crippen molar-refractivity contribution in [2.24, 2.45) is 0 Å². The number of carbonyl (C=O) groups is 3. The molecule has 6 aromatic rings. The second-order valence-electron chi connectivity index (χ2n) is 17.4. The van der Waals surface area contributed by atoms with Crippen LogP contribution in [0.15, 0.2) is 113 Å². The maximum atomic E-state index is 16.1. The average molecular weight is 1060 g/mol. The van der Waals surface area contributed by atoms with E-state index in [1.165, 1.54) is 50.4 Å². The smallest absolute Gasteiger partial charge is 0.407 e. The summed E-state index contributed by atoms with van der Waals surface area (Å²) in [7, 11) is -5.51. The minimum absolute atomic E-state index is 0.0169. The lowest BCUT2D eigenvalue weighted by molar-refractivity contribution is 0.0528. The summed E-state index contributed by atoms with van der Waals surface area (Å²) in [4.78, 5) is 37.2. The van der Waals surface area contributed by atoms with Gasteiger partial charge in [0.25, 0.3) is 5.91 Å². The topological polar surface area (TPSA) is 318 Å². The summed E-state index contributed by atoms with van der Waals surface area (Å²) in [6.45, 7) is 2.71. The summed E-state index contributed by atoms with van der Waals surface area (Å²) < 4.78 is 86.7. The fourth-order valence-electron chi connectivity index (χ4n) is 7.39. The highest BCUT2D eigenvalue weighted by atomic mass is 32.2. The number of para-hydroxylation sites is 1. The number of methoxy groups -OCH3 is 3. The van der Waals surface area contributed by atoms with Gasteiger partial charge in [0.15, 0.2) is 0 Å². The lowest BCUT2D eigenvalue weighted by atomic mass is 9.95. The predicted molar refractivity (Wildman–Crippen MR) is 271 cm³/mol. The molecular weight excluding hydrogens is 1000 g/mol. The molecule has 0 fully saturated rings. The fraction of sp³-hybridized carbons (Fsp3) is 0.306. The molecule has 0 aliphatic carbocycles. The molecule has 0 aliphatic heterocycles. The van der Waals surface area contributed by atoms with Crippen molar-refractivity contribution in [1.82, 2.24) is 45.2 Å². The number of carbonyl (C=O) groups excluding carboxylic acids is 2. The molecule has 394 valence electrons. The van der Waals surface area contributed by atoms with Crippen LogP contribution >= 0.6 is 0 Å². The Bertz CT molecular complexity index is 3100. The monoisotopic (exact) mass is 1060 g/mol. The van der Waals surface area contributed by atoms with Gasteiger partial charge in [-0.2, -0.15) is 9.10 Å². The zero-order valence-corrected chi connectivity index (χ0v) is 43.0. The van der Waals surface area contributed by atoms with Crippen LogP contribution in [0.3, 0.4) is 0 Å². The highest BCUT2D eigenvalue weighted by molar-refractivity contribution is 7.92. The van der Waals surface area contributed by atoms with Gasteiger partial charge in [0.1, 0.15) is 32.6 Å². The number of amides is 3. The summed E-state index contributed by atoms with van der Waals surface area (Å²) in [5.74, 6) is 0.429. The van der Waals surface area contributed by atoms with Crippen LogP contribution in [0.25, 0.3) is 22.5 Å². The first-order valence-electron chi connectivity index (χ1n) is 22.7. The summed E-state index contributed by atoms with van der Waals surface area (Å²) in [6, 6.07) is 25.8. The first kappa shape index (κ1) is 55.5. The van der Waals surface area contributed by atoms with Crippen molar-refractivity contribution in [2.45, 2.75) is 61.8 Å². The van der Waals surface area contributed by atoms with Crippen molar-refractivity contribution in [3.8, 4) is 39.8 Å². The van der Waals surface area contributed by atoms with Gasteiger partial charge in [0.2, 0.25) is 25.9 Å². The molecule has 1 aromatic heterocycles. The molecule has 1 atom stereocenters. The third-order valence-corrected chi connectivity index (χ3v) is 14.5. The number of tetrazole rings is 1. The molecule has 25 heteroatoms. The van der Waals surface area contributed by atoms with Crippen LogP contribution in [-0.2, 0) is 44.4 Å². The van der Waals surface area contributed by atoms with Gasteiger partial charge in [-0.15, -0.1) is 10.2 Å². The second kappa shape index (κ2) is 24.3. The molecular formula is C49H58N10O13S2. The van der Waals surface area contributed by atoms with Gasteiger partial charge in [-0.1, -0.05) is 54.6 Å². The standard InChI is InChI=1S/C49H58N10O13S2/c1-49(2,3)72-48(64)51-24-25-53-73(65,66)41-23-22-38(39-8-7-9-40(43(39)50)46(61)52-26-34(30-60)54-47(62)63)42(45-55-57-59(56-45)29-33-14-20-37(71-6)21-15-33)44(41)74(67,68)58(27-31-10-16-35(69-4)17-11-31)28-32-12-18-36(70-5)19-13-32/h7-23,34,53-54,60H,24-30,50H2,1-6H3,(H,51,64)(H,52,61)(H,62,63)/t34-/m0/s1. The molecule has 3 amide bonds. The maximum Gasteiger partial charge on any atom is 0.407 e. The van der Waals surface area contributed by atoms with Crippen molar-refractivity contribution >= 4 is 43.8 Å². The SMILES string of the molecule is COc1ccc(CN(Cc2ccc(OC)cc2)S(=O)(=O)c2c(S(=O)(=O)NCCNC(=O)OC(C)(C)C)ccc(-c3cccc(C(=O)NC[C@@H](CO)NC(=O)O)c3N)c2-c2nnn(Cc3ccc(OC)cc3)n2)cc1. The van der Waals surface area contributed by atoms with Crippen molar-refractivity contribution in [2.75, 3.05) is 53.3 Å². The molecule has 0 spiro atoms. The quantitative estimate of drug-likeness (QED) is 0.0349. The van der Waals surface area contributed by atoms with E-state index >= 15 is 8.42 Å². The number of nitrogens with zero attached hydrogens (tertiary/aromatic N) is 5. The molecule has 6 rings (SSSR count). The van der Waals surface area contributed by atoms with E-state index in [-0.39, 0.29) is 66.5 Å². The van der Waals surface area contributed by atoms with Crippen molar-refractivity contribution in [1.29, 1.82) is 0 Å². The number of aliphatic hydroxyl groups excluding tert-OH is 1. The van der Waals surface area contributed by atoms with Crippen LogP contribution in [0.4, 0.5) is 15.3 Å². The number of aromatic nitrogens is 4. The number of aliphatic hydroxyl groups is 1. The van der Waals surface area contributed by atoms with Gasteiger partial charge in [-0.05, 0) is 96.8 Å². The van der Waals surface area contributed by atoms with E-state index in [4.69, 9.17) is 24.7 Å². The van der Waals surface area contributed by atoms with E-state index < -0.39 is 72.7 Å². The molecule has 0 saturated heterocycles. The minimum atomic E-state index is -5.11. The van der Waals surface area contributed by atoms with E-state index in [2.05, 4.69) is 36.1 Å². The number of nitrogen functional groups attached to an aromatic ring is 1. The summed E-state index contributed by atoms with van der Waals surface area (Å²) >= 11 is 0. The van der Waals surface area contributed by atoms with E-state index in [0.717, 1.165) is 10.4 Å². The van der Waals surface area contributed by atoms with Gasteiger partial charge in [0, 0.05) is 38.3 Å². The number of sulfonamides is 2. The number of benzene rings is 5. The maximum absolute atomic E-state index is 16.1. The van der Waals surface area contributed by atoms with Crippen molar-refractivity contribution < 1.29 is 60.4 Å². The first-order chi connectivity index (χ1) is 35.2. The van der Waals surface area contributed by atoms with Crippen LogP contribution < -0.4 is 40.6 Å². The number of nitrogens with one attached hydrogen (secondary N) is 4. The van der Waals surface area contributed by atoms with Gasteiger partial charge >= 0.3 is 12.2 Å². The Morgan fingerprint density at radius 2 is 1.32 bits per heavy atom. The van der Waals surface area contributed by atoms with Crippen LogP contribution in [0.1, 0.15) is 47.8 Å². The molecule has 74 heavy (non-hydrogen) atoms. The fourth-order valence-corrected chi connectivity index (χ4v) is 10.8. The Hall–Kier alpha value is -7.84. The summed E-state index contributed by atoms with van der Waals surface area (Å²) in [6.07, 6.45) is -2.25. The average Bonchev–Trinajstić information content (AvgIpc) is 3.83. The second-order valence-corrected chi connectivity index (χ2v) is 21.0. The highest BCUT2D eigenvalue weighted by Gasteiger charge is 2.38. The number of hydrogen-bond donors (Lipinski definition) is 7. The highest BCUT2D eigenvalue weighted by Crippen LogP contribution is 2.43. The van der Waals surface area contributed by atoms with Crippen LogP contribution in [0.2, 0.25) is 0 Å². The number of ether oxygens (including phenoxy) is 4. The lowest BCUT2D eigenvalue weighted by Crippen LogP contribution is -2.45. The molecule has 23 nitrogen and oxygen atoms in total. The van der Waals surface area contributed by atoms with Gasteiger partial charge in [0.05, 0.1) is 57.3 Å². The summed E-state index contributed by atoms with van der Waals surface area (Å²) in [5.41, 5.74) is 6.90. The third kappa shape index (κ3) is 14.2. The van der Waals surface area contributed by atoms with E-state index in [1.807, 2.05) is 0 Å². The Balaban J connectivity index is 1.61. The molecule has 8 N–H and O–H groups in total. The van der Waals surface area contributed by atoms with Crippen LogP contribution in [0, 0.1) is 0 Å². The molecule has 0 aliphatic rings. The van der Waals surface area contributed by atoms with Crippen LogP contribution in [0.5, 0.6) is 17.2 Å². The number of alkyl carbamates (subject to hydrolysis) is 1.